The lowest BCUT2D eigenvalue weighted by Crippen LogP contribution is -2.48. The number of carbonyl (C=O) groups excluding carboxylic acids is 2. The maximum Gasteiger partial charge on any atom is 0.416 e. The summed E-state index contributed by atoms with van der Waals surface area (Å²) in [6, 6.07) is 3.69. The fourth-order valence-electron chi connectivity index (χ4n) is 2.98. The minimum Gasteiger partial charge on any atom is -0.324 e. The Bertz CT molecular complexity index is 647. The summed E-state index contributed by atoms with van der Waals surface area (Å²) in [6.07, 6.45) is -3.28. The number of rotatable bonds is 2. The maximum absolute atomic E-state index is 12.5. The van der Waals surface area contributed by atoms with Crippen LogP contribution in [0.3, 0.4) is 0 Å². The highest BCUT2D eigenvalue weighted by Gasteiger charge is 2.52. The lowest BCUT2D eigenvalue weighted by molar-refractivity contribution is -0.137. The number of amides is 2. The number of hydrogen-bond donors (Lipinski definition) is 1. The molecule has 0 spiro atoms. The second-order valence-electron chi connectivity index (χ2n) is 5.83. The second kappa shape index (κ2) is 5.43. The highest BCUT2D eigenvalue weighted by atomic mass is 32.2. The zero-order valence-electron chi connectivity index (χ0n) is 12.3. The van der Waals surface area contributed by atoms with Gasteiger partial charge in [-0.2, -0.15) is 13.2 Å². The Labute approximate surface area is 135 Å². The molecule has 8 heteroatoms. The second-order valence-corrected chi connectivity index (χ2v) is 7.33. The van der Waals surface area contributed by atoms with Gasteiger partial charge < -0.3 is 10.2 Å². The van der Waals surface area contributed by atoms with E-state index >= 15 is 0 Å². The maximum atomic E-state index is 12.5. The van der Waals surface area contributed by atoms with E-state index in [1.165, 1.54) is 12.1 Å². The predicted octanol–water partition coefficient (Wildman–Crippen LogP) is 3.10. The van der Waals surface area contributed by atoms with E-state index < -0.39 is 17.8 Å². The van der Waals surface area contributed by atoms with Crippen molar-refractivity contribution in [2.24, 2.45) is 0 Å². The van der Waals surface area contributed by atoms with Crippen molar-refractivity contribution in [2.75, 3.05) is 11.1 Å². The van der Waals surface area contributed by atoms with E-state index in [4.69, 9.17) is 0 Å². The molecule has 124 valence electrons. The van der Waals surface area contributed by atoms with E-state index in [2.05, 4.69) is 5.32 Å². The first-order valence-electron chi connectivity index (χ1n) is 7.15. The number of halogens is 3. The molecule has 1 aromatic rings. The molecule has 2 aliphatic rings. The van der Waals surface area contributed by atoms with Gasteiger partial charge in [-0.25, -0.2) is 0 Å². The third-order valence-electron chi connectivity index (χ3n) is 4.23. The van der Waals surface area contributed by atoms with Crippen LogP contribution in [0.2, 0.25) is 0 Å². The van der Waals surface area contributed by atoms with Crippen molar-refractivity contribution in [1.82, 2.24) is 4.90 Å². The van der Waals surface area contributed by atoms with Crippen LogP contribution in [0.5, 0.6) is 0 Å². The average Bonchev–Trinajstić information content (AvgIpc) is 2.96. The third kappa shape index (κ3) is 2.91. The van der Waals surface area contributed by atoms with Gasteiger partial charge in [0.2, 0.25) is 11.8 Å². The number of nitrogens with zero attached hydrogens (tertiary/aromatic N) is 1. The number of benzene rings is 1. The summed E-state index contributed by atoms with van der Waals surface area (Å²) in [5.74, 6) is 0.0793. The predicted molar refractivity (Wildman–Crippen MR) is 80.8 cm³/mol. The van der Waals surface area contributed by atoms with Crippen LogP contribution in [0.1, 0.15) is 25.3 Å². The molecular formula is C15H15F3N2O2S. The van der Waals surface area contributed by atoms with E-state index in [1.807, 2.05) is 6.92 Å². The quantitative estimate of drug-likeness (QED) is 0.897. The van der Waals surface area contributed by atoms with Gasteiger partial charge in [-0.1, -0.05) is 0 Å². The molecule has 4 nitrogen and oxygen atoms in total. The fourth-order valence-corrected chi connectivity index (χ4v) is 4.41. The molecule has 0 radical (unpaired) electrons. The molecule has 0 bridgehead atoms. The standard InChI is InChI=1S/C15H15F3N2O2S/c1-14-7-6-12(21)20(14)11(8-23-14)13(22)19-10-4-2-9(3-5-10)15(16,17)18/h2-5,11H,6-8H2,1H3,(H,19,22)/t11-,14+/m0/s1. The van der Waals surface area contributed by atoms with E-state index in [0.29, 0.717) is 18.6 Å². The average molecular weight is 344 g/mol. The van der Waals surface area contributed by atoms with Crippen molar-refractivity contribution < 1.29 is 22.8 Å². The van der Waals surface area contributed by atoms with Crippen LogP contribution in [0.4, 0.5) is 18.9 Å². The summed E-state index contributed by atoms with van der Waals surface area (Å²) < 4.78 is 37.6. The van der Waals surface area contributed by atoms with Crippen LogP contribution >= 0.6 is 11.8 Å². The van der Waals surface area contributed by atoms with Crippen LogP contribution < -0.4 is 5.32 Å². The lowest BCUT2D eigenvalue weighted by Gasteiger charge is -2.29. The summed E-state index contributed by atoms with van der Waals surface area (Å²) in [5.41, 5.74) is -0.484. The minimum absolute atomic E-state index is 0.0509. The molecule has 2 amide bonds. The number of thioether (sulfide) groups is 1. The zero-order valence-corrected chi connectivity index (χ0v) is 13.1. The zero-order chi connectivity index (χ0) is 16.8. The number of hydrogen-bond acceptors (Lipinski definition) is 3. The largest absolute Gasteiger partial charge is 0.416 e. The molecule has 0 unspecified atom stereocenters. The van der Waals surface area contributed by atoms with E-state index in [0.717, 1.165) is 12.1 Å². The van der Waals surface area contributed by atoms with Gasteiger partial charge in [0.25, 0.3) is 0 Å². The van der Waals surface area contributed by atoms with Crippen LogP contribution in [0.15, 0.2) is 24.3 Å². The SMILES string of the molecule is C[C@@]12CCC(=O)N1[C@H](C(=O)Nc1ccc(C(F)(F)F)cc1)CS2. The van der Waals surface area contributed by atoms with Crippen LogP contribution in [0.25, 0.3) is 0 Å². The number of fused-ring (bicyclic) bond motifs is 1. The Morgan fingerprint density at radius 3 is 2.61 bits per heavy atom. The summed E-state index contributed by atoms with van der Waals surface area (Å²) in [6.45, 7) is 1.94. The van der Waals surface area contributed by atoms with Crippen LogP contribution in [-0.2, 0) is 15.8 Å². The van der Waals surface area contributed by atoms with Crippen LogP contribution in [-0.4, -0.2) is 33.4 Å². The van der Waals surface area contributed by atoms with Gasteiger partial charge in [-0.15, -0.1) is 11.8 Å². The Hall–Kier alpha value is -1.70. The number of anilines is 1. The summed E-state index contributed by atoms with van der Waals surface area (Å²) in [5, 5.41) is 2.60. The first kappa shape index (κ1) is 16.2. The lowest BCUT2D eigenvalue weighted by atomic mass is 10.2. The van der Waals surface area contributed by atoms with Crippen molar-refractivity contribution in [1.29, 1.82) is 0 Å². The van der Waals surface area contributed by atoms with Gasteiger partial charge in [-0.05, 0) is 37.6 Å². The van der Waals surface area contributed by atoms with E-state index in [1.54, 1.807) is 16.7 Å². The minimum atomic E-state index is -4.41. The van der Waals surface area contributed by atoms with Crippen molar-refractivity contribution >= 4 is 29.3 Å². The van der Waals surface area contributed by atoms with Crippen molar-refractivity contribution in [2.45, 2.75) is 36.9 Å². The van der Waals surface area contributed by atoms with Gasteiger partial charge in [0.1, 0.15) is 6.04 Å². The van der Waals surface area contributed by atoms with Gasteiger partial charge in [0.05, 0.1) is 10.4 Å². The van der Waals surface area contributed by atoms with Gasteiger partial charge in [0, 0.05) is 17.9 Å². The number of alkyl halides is 3. The number of carbonyl (C=O) groups is 2. The van der Waals surface area contributed by atoms with Crippen LogP contribution in [0, 0.1) is 0 Å². The molecule has 0 aliphatic carbocycles. The van der Waals surface area contributed by atoms with Crippen molar-refractivity contribution in [3.63, 3.8) is 0 Å². The Morgan fingerprint density at radius 2 is 2.00 bits per heavy atom. The normalized spacial score (nSPS) is 27.2. The highest BCUT2D eigenvalue weighted by molar-refractivity contribution is 8.01. The monoisotopic (exact) mass is 344 g/mol. The van der Waals surface area contributed by atoms with Crippen molar-refractivity contribution in [3.05, 3.63) is 29.8 Å². The van der Waals surface area contributed by atoms with E-state index in [9.17, 15) is 22.8 Å². The Balaban J connectivity index is 1.71. The summed E-state index contributed by atoms with van der Waals surface area (Å²) in [4.78, 5) is 25.6. The fraction of sp³-hybridized carbons (Fsp3) is 0.467. The van der Waals surface area contributed by atoms with Gasteiger partial charge >= 0.3 is 6.18 Å². The Morgan fingerprint density at radius 1 is 1.35 bits per heavy atom. The molecule has 1 N–H and O–H groups in total. The first-order valence-corrected chi connectivity index (χ1v) is 8.13. The number of nitrogens with one attached hydrogen (secondary N) is 1. The smallest absolute Gasteiger partial charge is 0.324 e. The van der Waals surface area contributed by atoms with Gasteiger partial charge in [-0.3, -0.25) is 9.59 Å². The van der Waals surface area contributed by atoms with E-state index in [-0.39, 0.29) is 22.4 Å². The molecule has 2 aliphatic heterocycles. The third-order valence-corrected chi connectivity index (χ3v) is 5.73. The molecule has 2 heterocycles. The Kier molecular flexibility index (Phi) is 3.82. The van der Waals surface area contributed by atoms with Crippen molar-refractivity contribution in [3.8, 4) is 0 Å². The molecule has 1 aromatic carbocycles. The molecule has 0 saturated carbocycles. The molecule has 2 saturated heterocycles. The molecule has 3 rings (SSSR count). The van der Waals surface area contributed by atoms with Gasteiger partial charge in [0.15, 0.2) is 0 Å². The first-order chi connectivity index (χ1) is 10.7. The highest BCUT2D eigenvalue weighted by Crippen LogP contribution is 2.47. The molecular weight excluding hydrogens is 329 g/mol. The molecule has 2 atom stereocenters. The summed E-state index contributed by atoms with van der Waals surface area (Å²) in [7, 11) is 0. The topological polar surface area (TPSA) is 49.4 Å². The summed E-state index contributed by atoms with van der Waals surface area (Å²) >= 11 is 1.57. The molecule has 23 heavy (non-hydrogen) atoms. The molecule has 0 aromatic heterocycles. The molecule has 2 fully saturated rings.